The number of carbonyl (C=O) groups excluding carboxylic acids is 2. The molecule has 154 valence electrons. The van der Waals surface area contributed by atoms with Gasteiger partial charge in [-0.25, -0.2) is 13.8 Å². The van der Waals surface area contributed by atoms with Gasteiger partial charge in [-0.2, -0.15) is 0 Å². The Morgan fingerprint density at radius 1 is 1.03 bits per heavy atom. The van der Waals surface area contributed by atoms with E-state index in [1.165, 1.54) is 6.07 Å². The van der Waals surface area contributed by atoms with Crippen molar-refractivity contribution in [1.82, 2.24) is 15.2 Å². The number of hydrogen-bond acceptors (Lipinski definition) is 5. The molecule has 1 saturated heterocycles. The van der Waals surface area contributed by atoms with Gasteiger partial charge in [0, 0.05) is 48.6 Å². The second kappa shape index (κ2) is 9.75. The van der Waals surface area contributed by atoms with Gasteiger partial charge in [0.2, 0.25) is 11.8 Å². The number of nitrogens with zero attached hydrogens (tertiary/aromatic N) is 3. The standard InChI is InChI=1S/C19H20BrF2N5O2/c20-13-1-4-17(23-10-13)27-7-5-26(6-8-27)12-19(29)24-11-18(28)25-14-2-3-15(21)16(22)9-14/h1-4,9-10H,5-8,11-12H2,(H,24,29)(H,25,28). The summed E-state index contributed by atoms with van der Waals surface area (Å²) in [6.07, 6.45) is 1.75. The highest BCUT2D eigenvalue weighted by Crippen LogP contribution is 2.16. The fraction of sp³-hybridized carbons (Fsp3) is 0.316. The molecule has 3 rings (SSSR count). The van der Waals surface area contributed by atoms with Gasteiger partial charge in [-0.1, -0.05) is 0 Å². The van der Waals surface area contributed by atoms with Gasteiger partial charge in [0.25, 0.3) is 0 Å². The van der Waals surface area contributed by atoms with Crippen LogP contribution in [0.4, 0.5) is 20.3 Å². The van der Waals surface area contributed by atoms with E-state index >= 15 is 0 Å². The molecular formula is C19H20BrF2N5O2. The molecule has 2 heterocycles. The van der Waals surface area contributed by atoms with E-state index in [0.717, 1.165) is 35.5 Å². The van der Waals surface area contributed by atoms with Crippen LogP contribution in [0.1, 0.15) is 0 Å². The molecule has 1 aromatic heterocycles. The molecule has 1 aliphatic rings. The van der Waals surface area contributed by atoms with E-state index in [4.69, 9.17) is 0 Å². The number of benzene rings is 1. The predicted molar refractivity (Wildman–Crippen MR) is 109 cm³/mol. The second-order valence-electron chi connectivity index (χ2n) is 6.55. The van der Waals surface area contributed by atoms with Crippen LogP contribution in [-0.4, -0.2) is 61.0 Å². The predicted octanol–water partition coefficient (Wildman–Crippen LogP) is 2.00. The Bertz CT molecular complexity index is 873. The van der Waals surface area contributed by atoms with E-state index in [9.17, 15) is 18.4 Å². The van der Waals surface area contributed by atoms with E-state index < -0.39 is 17.5 Å². The summed E-state index contributed by atoms with van der Waals surface area (Å²) in [4.78, 5) is 32.5. The minimum atomic E-state index is -1.05. The molecule has 1 fully saturated rings. The maximum Gasteiger partial charge on any atom is 0.243 e. The molecule has 0 atom stereocenters. The van der Waals surface area contributed by atoms with Crippen molar-refractivity contribution in [3.63, 3.8) is 0 Å². The minimum Gasteiger partial charge on any atom is -0.354 e. The lowest BCUT2D eigenvalue weighted by Gasteiger charge is -2.35. The van der Waals surface area contributed by atoms with Gasteiger partial charge in [0.05, 0.1) is 13.1 Å². The average molecular weight is 468 g/mol. The zero-order valence-electron chi connectivity index (χ0n) is 15.5. The number of hydrogen-bond donors (Lipinski definition) is 2. The quantitative estimate of drug-likeness (QED) is 0.679. The van der Waals surface area contributed by atoms with Crippen molar-refractivity contribution in [2.45, 2.75) is 0 Å². The number of amides is 2. The number of carbonyl (C=O) groups is 2. The lowest BCUT2D eigenvalue weighted by molar-refractivity contribution is -0.125. The van der Waals surface area contributed by atoms with Crippen LogP contribution >= 0.6 is 15.9 Å². The van der Waals surface area contributed by atoms with Gasteiger partial charge >= 0.3 is 0 Å². The van der Waals surface area contributed by atoms with Crippen LogP contribution in [0.25, 0.3) is 0 Å². The summed E-state index contributed by atoms with van der Waals surface area (Å²) in [6, 6.07) is 6.94. The van der Waals surface area contributed by atoms with Crippen LogP contribution in [0.15, 0.2) is 41.0 Å². The first kappa shape index (κ1) is 21.1. The van der Waals surface area contributed by atoms with Gasteiger partial charge in [0.1, 0.15) is 5.82 Å². The largest absolute Gasteiger partial charge is 0.354 e. The molecule has 0 bridgehead atoms. The number of anilines is 2. The lowest BCUT2D eigenvalue weighted by atomic mass is 10.3. The van der Waals surface area contributed by atoms with Gasteiger partial charge in [0.15, 0.2) is 11.6 Å². The van der Waals surface area contributed by atoms with Crippen LogP contribution in [0.3, 0.4) is 0 Å². The monoisotopic (exact) mass is 467 g/mol. The summed E-state index contributed by atoms with van der Waals surface area (Å²) in [5.41, 5.74) is 0.126. The normalized spacial score (nSPS) is 14.5. The number of nitrogens with one attached hydrogen (secondary N) is 2. The molecule has 0 saturated carbocycles. The Balaban J connectivity index is 1.38. The first-order chi connectivity index (χ1) is 13.9. The first-order valence-electron chi connectivity index (χ1n) is 9.01. The lowest BCUT2D eigenvalue weighted by Crippen LogP contribution is -2.50. The third-order valence-corrected chi connectivity index (χ3v) is 4.89. The average Bonchev–Trinajstić information content (AvgIpc) is 2.70. The SMILES string of the molecule is O=C(CN1CCN(c2ccc(Br)cn2)CC1)NCC(=O)Nc1ccc(F)c(F)c1. The van der Waals surface area contributed by atoms with E-state index in [0.29, 0.717) is 13.1 Å². The Kier molecular flexibility index (Phi) is 7.10. The van der Waals surface area contributed by atoms with Gasteiger partial charge in [-0.15, -0.1) is 0 Å². The van der Waals surface area contributed by atoms with Crippen molar-refractivity contribution in [2.24, 2.45) is 0 Å². The van der Waals surface area contributed by atoms with Crippen LogP contribution in [-0.2, 0) is 9.59 Å². The Hall–Kier alpha value is -2.59. The molecule has 0 radical (unpaired) electrons. The number of piperazine rings is 1. The summed E-state index contributed by atoms with van der Waals surface area (Å²) >= 11 is 3.36. The first-order valence-corrected chi connectivity index (χ1v) is 9.80. The molecule has 29 heavy (non-hydrogen) atoms. The zero-order valence-corrected chi connectivity index (χ0v) is 17.1. The van der Waals surface area contributed by atoms with E-state index in [-0.39, 0.29) is 24.7 Å². The third-order valence-electron chi connectivity index (χ3n) is 4.42. The van der Waals surface area contributed by atoms with Gasteiger partial charge in [-0.05, 0) is 40.2 Å². The highest BCUT2D eigenvalue weighted by Gasteiger charge is 2.20. The Morgan fingerprint density at radius 3 is 2.45 bits per heavy atom. The molecule has 2 aromatic rings. The number of rotatable bonds is 6. The molecule has 2 amide bonds. The van der Waals surface area contributed by atoms with Crippen LogP contribution < -0.4 is 15.5 Å². The van der Waals surface area contributed by atoms with Crippen molar-refractivity contribution in [1.29, 1.82) is 0 Å². The van der Waals surface area contributed by atoms with Crippen molar-refractivity contribution >= 4 is 39.2 Å². The molecule has 10 heteroatoms. The summed E-state index contributed by atoms with van der Waals surface area (Å²) < 4.78 is 27.0. The molecule has 0 spiro atoms. The summed E-state index contributed by atoms with van der Waals surface area (Å²) in [6.45, 7) is 2.83. The van der Waals surface area contributed by atoms with Crippen LogP contribution in [0, 0.1) is 11.6 Å². The van der Waals surface area contributed by atoms with Crippen LogP contribution in [0.5, 0.6) is 0 Å². The summed E-state index contributed by atoms with van der Waals surface area (Å²) in [5.74, 6) is -1.95. The third kappa shape index (κ3) is 6.20. The second-order valence-corrected chi connectivity index (χ2v) is 7.47. The summed E-state index contributed by atoms with van der Waals surface area (Å²) in [7, 11) is 0. The van der Waals surface area contributed by atoms with Crippen molar-refractivity contribution < 1.29 is 18.4 Å². The number of pyridine rings is 1. The number of aromatic nitrogens is 1. The molecule has 0 unspecified atom stereocenters. The highest BCUT2D eigenvalue weighted by atomic mass is 79.9. The van der Waals surface area contributed by atoms with E-state index in [1.807, 2.05) is 17.0 Å². The maximum absolute atomic E-state index is 13.1. The fourth-order valence-corrected chi connectivity index (χ4v) is 3.14. The maximum atomic E-state index is 13.1. The Labute approximate surface area is 175 Å². The molecule has 1 aliphatic heterocycles. The topological polar surface area (TPSA) is 77.6 Å². The molecule has 7 nitrogen and oxygen atoms in total. The van der Waals surface area contributed by atoms with E-state index in [2.05, 4.69) is 36.4 Å². The molecule has 0 aliphatic carbocycles. The van der Waals surface area contributed by atoms with Crippen molar-refractivity contribution in [2.75, 3.05) is 49.5 Å². The fourth-order valence-electron chi connectivity index (χ4n) is 2.91. The van der Waals surface area contributed by atoms with Crippen molar-refractivity contribution in [3.05, 3.63) is 52.6 Å². The molecular weight excluding hydrogens is 448 g/mol. The van der Waals surface area contributed by atoms with Crippen molar-refractivity contribution in [3.8, 4) is 0 Å². The smallest absolute Gasteiger partial charge is 0.243 e. The molecule has 2 N–H and O–H groups in total. The minimum absolute atomic E-state index is 0.126. The zero-order chi connectivity index (χ0) is 20.8. The Morgan fingerprint density at radius 2 is 1.79 bits per heavy atom. The van der Waals surface area contributed by atoms with Gasteiger partial charge in [-0.3, -0.25) is 14.5 Å². The molecule has 1 aromatic carbocycles. The van der Waals surface area contributed by atoms with Crippen LogP contribution in [0.2, 0.25) is 0 Å². The number of halogens is 3. The summed E-state index contributed by atoms with van der Waals surface area (Å²) in [5, 5.41) is 4.94. The highest BCUT2D eigenvalue weighted by molar-refractivity contribution is 9.10. The van der Waals surface area contributed by atoms with Gasteiger partial charge < -0.3 is 15.5 Å². The van der Waals surface area contributed by atoms with E-state index in [1.54, 1.807) is 6.20 Å².